The second-order valence-corrected chi connectivity index (χ2v) is 5.63. The van der Waals surface area contributed by atoms with Gasteiger partial charge in [-0.05, 0) is 30.0 Å². The number of hydrogen-bond donors (Lipinski definition) is 1. The summed E-state index contributed by atoms with van der Waals surface area (Å²) >= 11 is 0. The van der Waals surface area contributed by atoms with Gasteiger partial charge in [-0.3, -0.25) is 9.59 Å². The van der Waals surface area contributed by atoms with Crippen molar-refractivity contribution in [3.05, 3.63) is 41.5 Å². The highest BCUT2D eigenvalue weighted by Gasteiger charge is 2.03. The highest BCUT2D eigenvalue weighted by molar-refractivity contribution is 6.03. The Hall–Kier alpha value is -1.90. The number of allylic oxidation sites excluding steroid dienone is 1. The van der Waals surface area contributed by atoms with Crippen molar-refractivity contribution in [1.29, 1.82) is 0 Å². The van der Waals surface area contributed by atoms with Gasteiger partial charge in [0.05, 0.1) is 0 Å². The van der Waals surface area contributed by atoms with Gasteiger partial charge in [-0.2, -0.15) is 0 Å². The lowest BCUT2D eigenvalue weighted by atomic mass is 10.0. The summed E-state index contributed by atoms with van der Waals surface area (Å²) in [6.07, 6.45) is 11.4. The third kappa shape index (κ3) is 8.40. The predicted octanol–water partition coefficient (Wildman–Crippen LogP) is 4.65. The number of carboxylic acids is 1. The lowest BCUT2D eigenvalue weighted by Gasteiger charge is -2.02. The van der Waals surface area contributed by atoms with E-state index in [1.165, 1.54) is 50.2 Å². The molecule has 0 bridgehead atoms. The summed E-state index contributed by atoms with van der Waals surface area (Å²) in [6.45, 7) is 2.23. The topological polar surface area (TPSA) is 54.4 Å². The molecular weight excluding hydrogens is 276 g/mol. The van der Waals surface area contributed by atoms with Crippen LogP contribution in [0.3, 0.4) is 0 Å². The summed E-state index contributed by atoms with van der Waals surface area (Å²) in [5, 5.41) is 8.51. The lowest BCUT2D eigenvalue weighted by Crippen LogP contribution is -2.02. The highest BCUT2D eigenvalue weighted by atomic mass is 16.4. The van der Waals surface area contributed by atoms with E-state index in [4.69, 9.17) is 5.11 Å². The van der Waals surface area contributed by atoms with E-state index in [9.17, 15) is 9.59 Å². The van der Waals surface area contributed by atoms with Crippen LogP contribution < -0.4 is 0 Å². The number of aliphatic carboxylic acids is 1. The van der Waals surface area contributed by atoms with Crippen molar-refractivity contribution in [2.75, 3.05) is 0 Å². The van der Waals surface area contributed by atoms with Crippen molar-refractivity contribution in [2.45, 2.75) is 58.3 Å². The Morgan fingerprint density at radius 1 is 1.00 bits per heavy atom. The maximum atomic E-state index is 11.3. The van der Waals surface area contributed by atoms with Gasteiger partial charge in [-0.1, -0.05) is 69.4 Å². The smallest absolute Gasteiger partial charge is 0.311 e. The molecule has 1 aromatic carbocycles. The highest BCUT2D eigenvalue weighted by Crippen LogP contribution is 2.12. The average molecular weight is 302 g/mol. The van der Waals surface area contributed by atoms with Crippen LogP contribution in [0.4, 0.5) is 0 Å². The van der Waals surface area contributed by atoms with Gasteiger partial charge in [-0.25, -0.2) is 0 Å². The van der Waals surface area contributed by atoms with Gasteiger partial charge in [0.2, 0.25) is 0 Å². The van der Waals surface area contributed by atoms with Crippen LogP contribution in [0, 0.1) is 0 Å². The molecule has 0 radical (unpaired) electrons. The molecule has 0 aliphatic heterocycles. The molecule has 0 atom stereocenters. The normalized spacial score (nSPS) is 11.0. The largest absolute Gasteiger partial charge is 0.481 e. The first-order chi connectivity index (χ1) is 10.6. The van der Waals surface area contributed by atoms with Crippen molar-refractivity contribution < 1.29 is 14.7 Å². The number of rotatable bonds is 11. The minimum atomic E-state index is -1.09. The van der Waals surface area contributed by atoms with E-state index in [2.05, 4.69) is 19.1 Å². The van der Waals surface area contributed by atoms with E-state index in [1.54, 1.807) is 6.08 Å². The molecule has 1 aromatic rings. The molecule has 22 heavy (non-hydrogen) atoms. The number of benzene rings is 1. The second-order valence-electron chi connectivity index (χ2n) is 5.63. The summed E-state index contributed by atoms with van der Waals surface area (Å²) in [6, 6.07) is 8.09. The zero-order valence-corrected chi connectivity index (χ0v) is 13.4. The Morgan fingerprint density at radius 3 is 2.27 bits per heavy atom. The summed E-state index contributed by atoms with van der Waals surface area (Å²) in [7, 11) is 0. The van der Waals surface area contributed by atoms with E-state index in [-0.39, 0.29) is 5.78 Å². The molecule has 0 heterocycles. The molecule has 3 nitrogen and oxygen atoms in total. The summed E-state index contributed by atoms with van der Waals surface area (Å²) in [5.41, 5.74) is 2.23. The number of aryl methyl sites for hydroxylation is 1. The van der Waals surface area contributed by atoms with Gasteiger partial charge in [0.1, 0.15) is 6.42 Å². The molecular formula is C19H26O3. The van der Waals surface area contributed by atoms with Gasteiger partial charge < -0.3 is 5.11 Å². The van der Waals surface area contributed by atoms with E-state index < -0.39 is 12.4 Å². The molecule has 0 fully saturated rings. The molecule has 0 aromatic heterocycles. The average Bonchev–Trinajstić information content (AvgIpc) is 2.49. The van der Waals surface area contributed by atoms with E-state index in [0.717, 1.165) is 12.0 Å². The number of carbonyl (C=O) groups is 2. The van der Waals surface area contributed by atoms with Crippen LogP contribution in [-0.2, 0) is 16.0 Å². The van der Waals surface area contributed by atoms with Crippen molar-refractivity contribution in [1.82, 2.24) is 0 Å². The molecule has 0 aliphatic rings. The molecule has 0 saturated heterocycles. The maximum absolute atomic E-state index is 11.3. The van der Waals surface area contributed by atoms with E-state index in [0.29, 0.717) is 0 Å². The maximum Gasteiger partial charge on any atom is 0.311 e. The van der Waals surface area contributed by atoms with E-state index >= 15 is 0 Å². The van der Waals surface area contributed by atoms with E-state index in [1.807, 2.05) is 12.1 Å². The SMILES string of the molecule is CCCCCCCCc1ccc(C=CC(=O)CC(=O)O)cc1. The molecule has 0 aliphatic carbocycles. The lowest BCUT2D eigenvalue weighted by molar-refractivity contribution is -0.139. The number of hydrogen-bond acceptors (Lipinski definition) is 2. The van der Waals surface area contributed by atoms with Crippen molar-refractivity contribution in [2.24, 2.45) is 0 Å². The Balaban J connectivity index is 2.32. The van der Waals surface area contributed by atoms with Crippen LogP contribution in [0.25, 0.3) is 6.08 Å². The number of carboxylic acid groups (broad SMARTS) is 1. The Morgan fingerprint density at radius 2 is 1.64 bits per heavy atom. The molecule has 0 saturated carbocycles. The summed E-state index contributed by atoms with van der Waals surface area (Å²) in [5.74, 6) is -1.48. The summed E-state index contributed by atoms with van der Waals surface area (Å²) in [4.78, 5) is 21.7. The standard InChI is InChI=1S/C19H26O3/c1-2-3-4-5-6-7-8-16-9-11-17(12-10-16)13-14-18(20)15-19(21)22/h9-14H,2-8,15H2,1H3,(H,21,22). The third-order valence-corrected chi connectivity index (χ3v) is 3.59. The van der Waals surface area contributed by atoms with Crippen LogP contribution in [0.15, 0.2) is 30.3 Å². The fraction of sp³-hybridized carbons (Fsp3) is 0.474. The number of unbranched alkanes of at least 4 members (excludes halogenated alkanes) is 5. The molecule has 1 rings (SSSR count). The van der Waals surface area contributed by atoms with Crippen LogP contribution >= 0.6 is 0 Å². The first-order valence-corrected chi connectivity index (χ1v) is 8.13. The molecule has 0 spiro atoms. The van der Waals surface area contributed by atoms with Gasteiger partial charge >= 0.3 is 5.97 Å². The van der Waals surface area contributed by atoms with Crippen molar-refractivity contribution in [3.63, 3.8) is 0 Å². The minimum Gasteiger partial charge on any atom is -0.481 e. The minimum absolute atomic E-state index is 0.386. The summed E-state index contributed by atoms with van der Waals surface area (Å²) < 4.78 is 0. The van der Waals surface area contributed by atoms with Gasteiger partial charge in [0.15, 0.2) is 5.78 Å². The van der Waals surface area contributed by atoms with Crippen LogP contribution in [0.2, 0.25) is 0 Å². The van der Waals surface area contributed by atoms with Gasteiger partial charge in [0, 0.05) is 0 Å². The fourth-order valence-electron chi connectivity index (χ4n) is 2.30. The Bertz CT molecular complexity index is 486. The quantitative estimate of drug-likeness (QED) is 0.368. The second kappa shape index (κ2) is 10.8. The van der Waals surface area contributed by atoms with Crippen molar-refractivity contribution >= 4 is 17.8 Å². The third-order valence-electron chi connectivity index (χ3n) is 3.59. The monoisotopic (exact) mass is 302 g/mol. The first-order valence-electron chi connectivity index (χ1n) is 8.13. The van der Waals surface area contributed by atoms with Crippen molar-refractivity contribution in [3.8, 4) is 0 Å². The van der Waals surface area contributed by atoms with Crippen LogP contribution in [-0.4, -0.2) is 16.9 Å². The zero-order valence-electron chi connectivity index (χ0n) is 13.4. The Kier molecular flexibility index (Phi) is 8.89. The predicted molar refractivity (Wildman–Crippen MR) is 89.8 cm³/mol. The van der Waals surface area contributed by atoms with Gasteiger partial charge in [0.25, 0.3) is 0 Å². The number of carbonyl (C=O) groups excluding carboxylic acids is 1. The van der Waals surface area contributed by atoms with Crippen LogP contribution in [0.5, 0.6) is 0 Å². The fourth-order valence-corrected chi connectivity index (χ4v) is 2.30. The zero-order chi connectivity index (χ0) is 16.2. The van der Waals surface area contributed by atoms with Crippen LogP contribution in [0.1, 0.15) is 63.0 Å². The molecule has 3 heteroatoms. The molecule has 0 amide bonds. The Labute approximate surface area is 133 Å². The molecule has 1 N–H and O–H groups in total. The molecule has 120 valence electrons. The molecule has 0 unspecified atom stereocenters. The van der Waals surface area contributed by atoms with Gasteiger partial charge in [-0.15, -0.1) is 0 Å². The number of ketones is 1. The first kappa shape index (κ1) is 18.1.